The molecule has 0 aliphatic carbocycles. The van der Waals surface area contributed by atoms with E-state index in [0.717, 1.165) is 0 Å². The number of nitrogens with two attached hydrogens (primary N) is 1. The van der Waals surface area contributed by atoms with Crippen molar-refractivity contribution in [3.05, 3.63) is 90.5 Å². The number of terminal acetylenes is 1. The van der Waals surface area contributed by atoms with Gasteiger partial charge in [-0.15, -0.1) is 6.42 Å². The number of hydrogen-bond donors (Lipinski definition) is 2. The average Bonchev–Trinajstić information content (AvgIpc) is 2.74. The van der Waals surface area contributed by atoms with Crippen LogP contribution in [0.15, 0.2) is 84.9 Å². The summed E-state index contributed by atoms with van der Waals surface area (Å²) in [4.78, 5) is 12.0. The maximum absolute atomic E-state index is 14.0. The SMILES string of the molecule is C#CC(=O)NC(c1ccc(N)cc1)P(=O)(Oc1ccccc1)Oc1ccccc1. The molecular formula is C22H19N2O4P. The Morgan fingerprint density at radius 1 is 0.897 bits per heavy atom. The van der Waals surface area contributed by atoms with Gasteiger partial charge in [-0.05, 0) is 47.9 Å². The summed E-state index contributed by atoms with van der Waals surface area (Å²) < 4.78 is 25.7. The normalized spacial score (nSPS) is 11.7. The molecule has 0 aliphatic heterocycles. The lowest BCUT2D eigenvalue weighted by atomic mass is 10.2. The Bertz CT molecular complexity index is 1000. The summed E-state index contributed by atoms with van der Waals surface area (Å²) in [6.07, 6.45) is 5.22. The minimum Gasteiger partial charge on any atom is -0.414 e. The average molecular weight is 406 g/mol. The Morgan fingerprint density at radius 3 is 1.83 bits per heavy atom. The van der Waals surface area contributed by atoms with Gasteiger partial charge in [-0.2, -0.15) is 0 Å². The summed E-state index contributed by atoms with van der Waals surface area (Å²) in [6.45, 7) is 0. The molecule has 0 spiro atoms. The zero-order chi connectivity index (χ0) is 20.7. The van der Waals surface area contributed by atoms with Crippen LogP contribution in [-0.4, -0.2) is 5.91 Å². The van der Waals surface area contributed by atoms with E-state index in [0.29, 0.717) is 22.7 Å². The Hall–Kier alpha value is -3.68. The van der Waals surface area contributed by atoms with Crippen LogP contribution in [0.4, 0.5) is 5.69 Å². The highest BCUT2D eigenvalue weighted by Crippen LogP contribution is 2.58. The second-order valence-corrected chi connectivity index (χ2v) is 8.00. The standard InChI is InChI=1S/C22H19N2O4P/c1-2-21(25)24-22(17-13-15-18(23)16-14-17)29(26,27-19-9-5-3-6-10-19)28-20-11-7-4-8-12-20/h1,3-16,22H,23H2,(H,24,25). The molecule has 0 heterocycles. The molecule has 1 atom stereocenters. The van der Waals surface area contributed by atoms with Gasteiger partial charge in [0.1, 0.15) is 11.5 Å². The van der Waals surface area contributed by atoms with Crippen molar-refractivity contribution in [3.63, 3.8) is 0 Å². The van der Waals surface area contributed by atoms with E-state index in [1.807, 2.05) is 5.92 Å². The second kappa shape index (κ2) is 9.01. The third-order valence-corrected chi connectivity index (χ3v) is 5.91. The summed E-state index contributed by atoms with van der Waals surface area (Å²) in [5.74, 6) is 0.703. The molecule has 3 rings (SSSR count). The fourth-order valence-electron chi connectivity index (χ4n) is 2.57. The Morgan fingerprint density at radius 2 is 1.38 bits per heavy atom. The number of benzene rings is 3. The maximum Gasteiger partial charge on any atom is 0.457 e. The lowest BCUT2D eigenvalue weighted by Crippen LogP contribution is -2.30. The van der Waals surface area contributed by atoms with Gasteiger partial charge in [0.05, 0.1) is 0 Å². The molecule has 0 saturated carbocycles. The third-order valence-electron chi connectivity index (χ3n) is 3.92. The molecule has 3 aromatic rings. The van der Waals surface area contributed by atoms with E-state index >= 15 is 0 Å². The van der Waals surface area contributed by atoms with Crippen LogP contribution in [0.2, 0.25) is 0 Å². The van der Waals surface area contributed by atoms with E-state index in [1.54, 1.807) is 84.9 Å². The zero-order valence-electron chi connectivity index (χ0n) is 15.4. The van der Waals surface area contributed by atoms with E-state index in [-0.39, 0.29) is 0 Å². The van der Waals surface area contributed by atoms with Gasteiger partial charge in [0.15, 0.2) is 5.78 Å². The Kier molecular flexibility index (Phi) is 6.23. The lowest BCUT2D eigenvalue weighted by Gasteiger charge is -2.28. The summed E-state index contributed by atoms with van der Waals surface area (Å²) >= 11 is 0. The zero-order valence-corrected chi connectivity index (χ0v) is 16.3. The van der Waals surface area contributed by atoms with Crippen molar-refractivity contribution >= 4 is 19.2 Å². The molecule has 3 N–H and O–H groups in total. The van der Waals surface area contributed by atoms with E-state index in [1.165, 1.54) is 0 Å². The highest BCUT2D eigenvalue weighted by Gasteiger charge is 2.41. The number of amides is 1. The van der Waals surface area contributed by atoms with Crippen molar-refractivity contribution in [1.82, 2.24) is 5.32 Å². The largest absolute Gasteiger partial charge is 0.457 e. The smallest absolute Gasteiger partial charge is 0.414 e. The molecule has 0 saturated heterocycles. The van der Waals surface area contributed by atoms with Crippen molar-refractivity contribution in [2.75, 3.05) is 5.73 Å². The molecule has 0 radical (unpaired) electrons. The molecule has 7 heteroatoms. The van der Waals surface area contributed by atoms with Crippen LogP contribution in [0.1, 0.15) is 11.3 Å². The second-order valence-electron chi connectivity index (χ2n) is 6.04. The van der Waals surface area contributed by atoms with Crippen LogP contribution in [0, 0.1) is 12.3 Å². The minimum atomic E-state index is -4.05. The molecule has 0 aromatic heterocycles. The molecule has 0 fully saturated rings. The highest BCUT2D eigenvalue weighted by molar-refractivity contribution is 7.55. The monoisotopic (exact) mass is 406 g/mol. The van der Waals surface area contributed by atoms with Crippen LogP contribution in [-0.2, 0) is 9.36 Å². The number of carbonyl (C=O) groups is 1. The van der Waals surface area contributed by atoms with Gasteiger partial charge in [-0.25, -0.2) is 4.57 Å². The maximum atomic E-state index is 14.0. The van der Waals surface area contributed by atoms with E-state index in [2.05, 4.69) is 5.32 Å². The number of carbonyl (C=O) groups excluding carboxylic acids is 1. The van der Waals surface area contributed by atoms with Gasteiger partial charge in [-0.3, -0.25) is 4.79 Å². The molecule has 29 heavy (non-hydrogen) atoms. The Balaban J connectivity index is 2.07. The molecule has 6 nitrogen and oxygen atoms in total. The molecule has 3 aromatic carbocycles. The topological polar surface area (TPSA) is 90.7 Å². The number of hydrogen-bond acceptors (Lipinski definition) is 5. The minimum absolute atomic E-state index is 0.321. The first-order chi connectivity index (χ1) is 14.0. The van der Waals surface area contributed by atoms with Gasteiger partial charge < -0.3 is 20.1 Å². The summed E-state index contributed by atoms with van der Waals surface area (Å²) in [5, 5.41) is 2.55. The summed E-state index contributed by atoms with van der Waals surface area (Å²) in [5.41, 5.74) is 6.74. The fourth-order valence-corrected chi connectivity index (χ4v) is 4.46. The van der Waals surface area contributed by atoms with Crippen molar-refractivity contribution in [2.24, 2.45) is 0 Å². The van der Waals surface area contributed by atoms with E-state index in [9.17, 15) is 9.36 Å². The van der Waals surface area contributed by atoms with Crippen LogP contribution in [0.25, 0.3) is 0 Å². The van der Waals surface area contributed by atoms with Gasteiger partial charge in [-0.1, -0.05) is 48.5 Å². The van der Waals surface area contributed by atoms with Crippen molar-refractivity contribution in [1.29, 1.82) is 0 Å². The third kappa shape index (κ3) is 5.19. The first-order valence-corrected chi connectivity index (χ1v) is 10.3. The molecule has 0 aliphatic rings. The Labute approximate surface area is 169 Å². The lowest BCUT2D eigenvalue weighted by molar-refractivity contribution is -0.116. The number of para-hydroxylation sites is 2. The van der Waals surface area contributed by atoms with Crippen molar-refractivity contribution in [3.8, 4) is 23.8 Å². The summed E-state index contributed by atoms with van der Waals surface area (Å²) in [7, 11) is -4.05. The van der Waals surface area contributed by atoms with Gasteiger partial charge in [0.25, 0.3) is 5.91 Å². The number of rotatable bonds is 7. The molecule has 1 amide bonds. The number of nitrogens with one attached hydrogen (secondary N) is 1. The number of anilines is 1. The predicted octanol–water partition coefficient (Wildman–Crippen LogP) is 4.37. The van der Waals surface area contributed by atoms with Crippen molar-refractivity contribution < 1.29 is 18.4 Å². The molecule has 1 unspecified atom stereocenters. The molecule has 0 bridgehead atoms. The first kappa shape index (κ1) is 20.1. The van der Waals surface area contributed by atoms with Crippen LogP contribution in [0.5, 0.6) is 11.5 Å². The number of nitrogen functional groups attached to an aromatic ring is 1. The van der Waals surface area contributed by atoms with Gasteiger partial charge in [0.2, 0.25) is 0 Å². The summed E-state index contributed by atoms with van der Waals surface area (Å²) in [6, 6.07) is 23.6. The van der Waals surface area contributed by atoms with Crippen LogP contribution < -0.4 is 20.1 Å². The van der Waals surface area contributed by atoms with Crippen LogP contribution in [0.3, 0.4) is 0 Å². The van der Waals surface area contributed by atoms with E-state index in [4.69, 9.17) is 21.2 Å². The fraction of sp³-hybridized carbons (Fsp3) is 0.0455. The molecule has 146 valence electrons. The van der Waals surface area contributed by atoms with Gasteiger partial charge >= 0.3 is 7.60 Å². The van der Waals surface area contributed by atoms with Crippen LogP contribution >= 0.6 is 7.60 Å². The van der Waals surface area contributed by atoms with Gasteiger partial charge in [0, 0.05) is 5.69 Å². The van der Waals surface area contributed by atoms with E-state index < -0.39 is 19.3 Å². The highest BCUT2D eigenvalue weighted by atomic mass is 31.2. The van der Waals surface area contributed by atoms with Crippen molar-refractivity contribution in [2.45, 2.75) is 5.78 Å². The predicted molar refractivity (Wildman–Crippen MR) is 112 cm³/mol. The first-order valence-electron chi connectivity index (χ1n) is 8.72. The molecular weight excluding hydrogens is 387 g/mol. The quantitative estimate of drug-likeness (QED) is 0.345.